The first-order valence-electron chi connectivity index (χ1n) is 8.05. The first-order valence-corrected chi connectivity index (χ1v) is 8.05. The molecule has 135 valence electrons. The van der Waals surface area contributed by atoms with Crippen LogP contribution in [-0.4, -0.2) is 23.3 Å². The summed E-state index contributed by atoms with van der Waals surface area (Å²) in [6, 6.07) is 12.5. The molecular formula is C19H22N4O2Y-2. The third-order valence-electron chi connectivity index (χ3n) is 3.70. The molecule has 0 fully saturated rings. The van der Waals surface area contributed by atoms with E-state index >= 15 is 0 Å². The molecule has 0 aliphatic heterocycles. The summed E-state index contributed by atoms with van der Waals surface area (Å²) in [6.07, 6.45) is 2.53. The Labute approximate surface area is 178 Å². The van der Waals surface area contributed by atoms with Crippen LogP contribution in [0.2, 0.25) is 0 Å². The maximum Gasteiger partial charge on any atom is 0.261 e. The molecule has 1 radical (unpaired) electrons. The average Bonchev–Trinajstić information content (AvgIpc) is 2.62. The Morgan fingerprint density at radius 1 is 1.12 bits per heavy atom. The third-order valence-corrected chi connectivity index (χ3v) is 3.70. The molecule has 0 aliphatic carbocycles. The number of aryl methyl sites for hydroxylation is 1. The normalized spacial score (nSPS) is 9.92. The number of methoxy groups -OCH3 is 1. The number of nitrogens with one attached hydrogen (secondary N) is 2. The molecule has 1 heterocycles. The molecule has 2 aromatic carbocycles. The van der Waals surface area contributed by atoms with Gasteiger partial charge in [-0.15, -0.1) is 11.4 Å². The predicted octanol–water partition coefficient (Wildman–Crippen LogP) is 4.66. The second-order valence-corrected chi connectivity index (χ2v) is 5.52. The van der Waals surface area contributed by atoms with Crippen LogP contribution in [0, 0.1) is 0 Å². The van der Waals surface area contributed by atoms with Gasteiger partial charge in [-0.05, 0) is 18.1 Å². The van der Waals surface area contributed by atoms with Crippen molar-refractivity contribution in [3.63, 3.8) is 0 Å². The van der Waals surface area contributed by atoms with Crippen LogP contribution in [0.1, 0.15) is 12.5 Å². The van der Waals surface area contributed by atoms with Crippen molar-refractivity contribution >= 4 is 22.3 Å². The van der Waals surface area contributed by atoms with Gasteiger partial charge < -0.3 is 16.2 Å². The van der Waals surface area contributed by atoms with E-state index in [1.165, 1.54) is 22.5 Å². The topological polar surface area (TPSA) is 91.7 Å². The molecule has 0 unspecified atom stereocenters. The van der Waals surface area contributed by atoms with Crippen molar-refractivity contribution < 1.29 is 37.4 Å². The monoisotopic (exact) mass is 427 g/mol. The standard InChI is InChI=1S/C11H12N3O2.C8H10N.Y/c1-16-5-4-14-7-13-10-3-2-8(12)6-9(10)11(14)15;1-2-7-4-3-5-8(9)6-7;/h2-3,6-7,12H,4-5H2,1H3;3-6,9H,2H2,1H3;/q2*-1;. The van der Waals surface area contributed by atoms with Gasteiger partial charge in [0.25, 0.3) is 5.56 Å². The Hall–Kier alpha value is -1.76. The van der Waals surface area contributed by atoms with E-state index in [0.717, 1.165) is 6.42 Å². The number of hydrogen-bond donors (Lipinski definition) is 0. The first-order chi connectivity index (χ1) is 12.0. The van der Waals surface area contributed by atoms with Crippen LogP contribution in [0.5, 0.6) is 0 Å². The number of benzene rings is 2. The molecule has 0 spiro atoms. The van der Waals surface area contributed by atoms with E-state index in [1.807, 2.05) is 18.2 Å². The molecule has 3 rings (SSSR count). The number of aromatic nitrogens is 2. The molecule has 0 saturated heterocycles. The van der Waals surface area contributed by atoms with E-state index in [0.29, 0.717) is 35.4 Å². The maximum absolute atomic E-state index is 12.0. The van der Waals surface area contributed by atoms with Crippen molar-refractivity contribution in [3.05, 3.63) is 76.2 Å². The van der Waals surface area contributed by atoms with Crippen LogP contribution >= 0.6 is 0 Å². The van der Waals surface area contributed by atoms with Crippen molar-refractivity contribution in [1.29, 1.82) is 0 Å². The first kappa shape index (κ1) is 22.3. The smallest absolute Gasteiger partial charge is 0.261 e. The van der Waals surface area contributed by atoms with Crippen LogP contribution in [0.3, 0.4) is 0 Å². The van der Waals surface area contributed by atoms with E-state index in [4.69, 9.17) is 16.2 Å². The molecule has 0 atom stereocenters. The fourth-order valence-corrected chi connectivity index (χ4v) is 2.30. The van der Waals surface area contributed by atoms with E-state index in [-0.39, 0.29) is 38.3 Å². The molecular weight excluding hydrogens is 405 g/mol. The van der Waals surface area contributed by atoms with Crippen molar-refractivity contribution in [2.24, 2.45) is 0 Å². The van der Waals surface area contributed by atoms with Crippen LogP contribution in [0.4, 0.5) is 11.4 Å². The zero-order chi connectivity index (χ0) is 18.2. The van der Waals surface area contributed by atoms with Gasteiger partial charge in [0.15, 0.2) is 0 Å². The zero-order valence-electron chi connectivity index (χ0n) is 15.0. The summed E-state index contributed by atoms with van der Waals surface area (Å²) in [5.74, 6) is 0. The maximum atomic E-state index is 12.0. The fraction of sp³-hybridized carbons (Fsp3) is 0.263. The quantitative estimate of drug-likeness (QED) is 0.607. The summed E-state index contributed by atoms with van der Waals surface area (Å²) in [6.45, 7) is 3.03. The number of ether oxygens (including phenoxy) is 1. The van der Waals surface area contributed by atoms with E-state index in [2.05, 4.69) is 11.9 Å². The summed E-state index contributed by atoms with van der Waals surface area (Å²) < 4.78 is 6.40. The molecule has 0 bridgehead atoms. The van der Waals surface area contributed by atoms with Crippen molar-refractivity contribution in [2.45, 2.75) is 19.9 Å². The molecule has 0 aliphatic rings. The van der Waals surface area contributed by atoms with Crippen LogP contribution < -0.4 is 5.56 Å². The Kier molecular flexibility index (Phi) is 9.48. The predicted molar refractivity (Wildman–Crippen MR) is 102 cm³/mol. The molecule has 3 aromatic rings. The van der Waals surface area contributed by atoms with Gasteiger partial charge in [-0.3, -0.25) is 9.36 Å². The molecule has 0 amide bonds. The molecule has 1 aromatic heterocycles. The number of fused-ring (bicyclic) bond motifs is 1. The molecule has 2 N–H and O–H groups in total. The Bertz CT molecular complexity index is 896. The average molecular weight is 427 g/mol. The molecule has 26 heavy (non-hydrogen) atoms. The summed E-state index contributed by atoms with van der Waals surface area (Å²) in [4.78, 5) is 16.1. The van der Waals surface area contributed by atoms with E-state index < -0.39 is 0 Å². The van der Waals surface area contributed by atoms with Gasteiger partial charge in [-0.25, -0.2) is 4.98 Å². The SMILES string of the molecule is CCc1cccc([NH-])c1.COCCn1cnc2ccc([NH-])cc2c1=O.[Y]. The summed E-state index contributed by atoms with van der Waals surface area (Å²) in [7, 11) is 1.58. The van der Waals surface area contributed by atoms with Gasteiger partial charge in [0.2, 0.25) is 0 Å². The van der Waals surface area contributed by atoms with Gasteiger partial charge >= 0.3 is 0 Å². The third kappa shape index (κ3) is 6.20. The van der Waals surface area contributed by atoms with Crippen molar-refractivity contribution in [3.8, 4) is 0 Å². The minimum absolute atomic E-state index is 0. The summed E-state index contributed by atoms with van der Waals surface area (Å²) in [5, 5.41) is 0.478. The summed E-state index contributed by atoms with van der Waals surface area (Å²) in [5.41, 5.74) is 17.4. The van der Waals surface area contributed by atoms with Gasteiger partial charge in [-0.2, -0.15) is 0 Å². The van der Waals surface area contributed by atoms with Crippen molar-refractivity contribution in [2.75, 3.05) is 13.7 Å². The molecule has 7 heteroatoms. The Balaban J connectivity index is 0.000000290. The Morgan fingerprint density at radius 3 is 2.46 bits per heavy atom. The van der Waals surface area contributed by atoms with Crippen LogP contribution in [0.15, 0.2) is 53.6 Å². The van der Waals surface area contributed by atoms with Gasteiger partial charge in [-0.1, -0.05) is 43.3 Å². The van der Waals surface area contributed by atoms with Gasteiger partial charge in [0.1, 0.15) is 0 Å². The molecule has 6 nitrogen and oxygen atoms in total. The molecule has 0 saturated carbocycles. The second kappa shape index (κ2) is 11.1. The number of rotatable bonds is 4. The second-order valence-electron chi connectivity index (χ2n) is 5.52. The van der Waals surface area contributed by atoms with E-state index in [1.54, 1.807) is 25.3 Å². The van der Waals surface area contributed by atoms with Crippen molar-refractivity contribution in [1.82, 2.24) is 9.55 Å². The Morgan fingerprint density at radius 2 is 1.85 bits per heavy atom. The van der Waals surface area contributed by atoms with Gasteiger partial charge in [0.05, 0.1) is 30.4 Å². The van der Waals surface area contributed by atoms with Crippen LogP contribution in [-0.2, 0) is 50.4 Å². The number of hydrogen-bond acceptors (Lipinski definition) is 3. The van der Waals surface area contributed by atoms with Gasteiger partial charge in [0, 0.05) is 39.8 Å². The largest absolute Gasteiger partial charge is 0.699 e. The van der Waals surface area contributed by atoms with Crippen LogP contribution in [0.25, 0.3) is 22.4 Å². The fourth-order valence-electron chi connectivity index (χ4n) is 2.30. The minimum Gasteiger partial charge on any atom is -0.699 e. The van der Waals surface area contributed by atoms with E-state index in [9.17, 15) is 4.79 Å². The minimum atomic E-state index is -0.129. The summed E-state index contributed by atoms with van der Waals surface area (Å²) >= 11 is 0. The number of nitrogens with zero attached hydrogens (tertiary/aromatic N) is 2. The zero-order valence-corrected chi connectivity index (χ0v) is 17.9.